The lowest BCUT2D eigenvalue weighted by molar-refractivity contribution is -0.0696. The van der Waals surface area contributed by atoms with E-state index in [2.05, 4.69) is 11.9 Å². The highest BCUT2D eigenvalue weighted by molar-refractivity contribution is 4.68. The van der Waals surface area contributed by atoms with Crippen molar-refractivity contribution in [3.8, 4) is 0 Å². The minimum Gasteiger partial charge on any atom is -0.391 e. The first-order valence-corrected chi connectivity index (χ1v) is 4.32. The molecular formula is C9H19NO2. The van der Waals surface area contributed by atoms with Crippen LogP contribution in [0.15, 0.2) is 12.8 Å². The highest BCUT2D eigenvalue weighted by Crippen LogP contribution is 2.03. The topological polar surface area (TPSA) is 41.5 Å². The van der Waals surface area contributed by atoms with Gasteiger partial charge in [0.2, 0.25) is 0 Å². The number of ether oxygens (including phenoxy) is 1. The molecule has 0 aliphatic rings. The summed E-state index contributed by atoms with van der Waals surface area (Å²) in [7, 11) is 0. The van der Waals surface area contributed by atoms with Gasteiger partial charge in [0.1, 0.15) is 6.23 Å². The Morgan fingerprint density at radius 2 is 2.17 bits per heavy atom. The Balaban J connectivity index is 3.75. The number of hydrogen-bond acceptors (Lipinski definition) is 3. The molecule has 0 radical (unpaired) electrons. The lowest BCUT2D eigenvalue weighted by Crippen LogP contribution is -2.34. The van der Waals surface area contributed by atoms with Gasteiger partial charge in [0.25, 0.3) is 0 Å². The smallest absolute Gasteiger partial charge is 0.127 e. The molecule has 0 heterocycles. The maximum absolute atomic E-state index is 9.15. The van der Waals surface area contributed by atoms with Crippen LogP contribution in [0.2, 0.25) is 0 Å². The van der Waals surface area contributed by atoms with Gasteiger partial charge in [0.05, 0.1) is 12.2 Å². The minimum absolute atomic E-state index is 0.0490. The van der Waals surface area contributed by atoms with E-state index in [0.717, 1.165) is 6.42 Å². The van der Waals surface area contributed by atoms with E-state index in [1.807, 2.05) is 13.8 Å². The van der Waals surface area contributed by atoms with E-state index in [1.54, 1.807) is 13.1 Å². The molecule has 0 bridgehead atoms. The number of hydrogen-bond donors (Lipinski definition) is 2. The van der Waals surface area contributed by atoms with Gasteiger partial charge in [-0.1, -0.05) is 13.5 Å². The molecular weight excluding hydrogens is 154 g/mol. The normalized spacial score (nSPS) is 18.0. The molecule has 0 rings (SSSR count). The second-order valence-corrected chi connectivity index (χ2v) is 2.85. The Hall–Kier alpha value is -0.540. The van der Waals surface area contributed by atoms with Crippen molar-refractivity contribution in [3.05, 3.63) is 12.8 Å². The molecule has 0 fully saturated rings. The van der Waals surface area contributed by atoms with Crippen molar-refractivity contribution in [3.63, 3.8) is 0 Å². The summed E-state index contributed by atoms with van der Waals surface area (Å²) in [5.74, 6) is 0. The molecule has 0 aliphatic heterocycles. The summed E-state index contributed by atoms with van der Waals surface area (Å²) in [6, 6.07) is 0. The number of aliphatic hydroxyl groups excluding tert-OH is 1. The molecule has 12 heavy (non-hydrogen) atoms. The van der Waals surface area contributed by atoms with Crippen LogP contribution < -0.4 is 5.32 Å². The van der Waals surface area contributed by atoms with E-state index in [0.29, 0.717) is 0 Å². The third kappa shape index (κ3) is 4.36. The average Bonchev–Trinajstić information content (AvgIpc) is 2.03. The van der Waals surface area contributed by atoms with Crippen molar-refractivity contribution in [1.82, 2.24) is 5.32 Å². The molecule has 0 amide bonds. The highest BCUT2D eigenvalue weighted by Gasteiger charge is 2.13. The minimum atomic E-state index is -0.439. The quantitative estimate of drug-likeness (QED) is 0.594. The molecule has 3 unspecified atom stereocenters. The molecule has 0 saturated heterocycles. The fourth-order valence-electron chi connectivity index (χ4n) is 0.758. The van der Waals surface area contributed by atoms with Crippen molar-refractivity contribution in [2.45, 2.75) is 45.6 Å². The van der Waals surface area contributed by atoms with Crippen LogP contribution in [-0.4, -0.2) is 23.5 Å². The van der Waals surface area contributed by atoms with Gasteiger partial charge in [-0.2, -0.15) is 0 Å². The van der Waals surface area contributed by atoms with E-state index >= 15 is 0 Å². The average molecular weight is 173 g/mol. The lowest BCUT2D eigenvalue weighted by atomic mass is 10.2. The predicted molar refractivity (Wildman–Crippen MR) is 49.6 cm³/mol. The molecule has 3 heteroatoms. The van der Waals surface area contributed by atoms with Crippen LogP contribution in [-0.2, 0) is 4.74 Å². The summed E-state index contributed by atoms with van der Waals surface area (Å²) >= 11 is 0. The standard InChI is InChI=1S/C9H19NO2/c1-5-9(10-6-2)12-8(4)7(3)11/h6-11H,2,5H2,1,3-4H3. The molecule has 0 saturated carbocycles. The maximum Gasteiger partial charge on any atom is 0.127 e. The summed E-state index contributed by atoms with van der Waals surface area (Å²) in [5.41, 5.74) is 0. The Bertz CT molecular complexity index is 126. The van der Waals surface area contributed by atoms with Crippen LogP contribution in [0.3, 0.4) is 0 Å². The van der Waals surface area contributed by atoms with Gasteiger partial charge in [-0.25, -0.2) is 0 Å². The molecule has 0 aromatic rings. The molecule has 0 spiro atoms. The van der Waals surface area contributed by atoms with Crippen LogP contribution in [0, 0.1) is 0 Å². The molecule has 72 valence electrons. The summed E-state index contributed by atoms with van der Waals surface area (Å²) in [6.45, 7) is 9.12. The van der Waals surface area contributed by atoms with Crippen molar-refractivity contribution in [2.75, 3.05) is 0 Å². The van der Waals surface area contributed by atoms with Gasteiger partial charge >= 0.3 is 0 Å². The van der Waals surface area contributed by atoms with Crippen LogP contribution in [0.25, 0.3) is 0 Å². The van der Waals surface area contributed by atoms with E-state index in [4.69, 9.17) is 9.84 Å². The predicted octanol–water partition coefficient (Wildman–Crippen LogP) is 1.24. The Morgan fingerprint density at radius 3 is 2.50 bits per heavy atom. The van der Waals surface area contributed by atoms with Gasteiger partial charge in [0.15, 0.2) is 0 Å². The largest absolute Gasteiger partial charge is 0.391 e. The Morgan fingerprint density at radius 1 is 1.58 bits per heavy atom. The van der Waals surface area contributed by atoms with E-state index in [9.17, 15) is 0 Å². The third-order valence-electron chi connectivity index (χ3n) is 1.73. The van der Waals surface area contributed by atoms with Gasteiger partial charge in [-0.15, -0.1) is 0 Å². The van der Waals surface area contributed by atoms with E-state index in [-0.39, 0.29) is 12.3 Å². The number of aliphatic hydroxyl groups is 1. The molecule has 0 aromatic carbocycles. The van der Waals surface area contributed by atoms with E-state index < -0.39 is 6.10 Å². The summed E-state index contributed by atoms with van der Waals surface area (Å²) in [4.78, 5) is 0. The van der Waals surface area contributed by atoms with Gasteiger partial charge in [-0.3, -0.25) is 0 Å². The van der Waals surface area contributed by atoms with Crippen molar-refractivity contribution < 1.29 is 9.84 Å². The van der Waals surface area contributed by atoms with Crippen LogP contribution in [0.1, 0.15) is 27.2 Å². The zero-order chi connectivity index (χ0) is 9.56. The summed E-state index contributed by atoms with van der Waals surface area (Å²) in [5, 5.41) is 12.1. The van der Waals surface area contributed by atoms with Crippen molar-refractivity contribution in [1.29, 1.82) is 0 Å². The fraction of sp³-hybridized carbons (Fsp3) is 0.778. The number of rotatable bonds is 6. The third-order valence-corrected chi connectivity index (χ3v) is 1.73. The first kappa shape index (κ1) is 11.5. The van der Waals surface area contributed by atoms with Crippen molar-refractivity contribution in [2.24, 2.45) is 0 Å². The van der Waals surface area contributed by atoms with Gasteiger partial charge in [0, 0.05) is 0 Å². The first-order chi connectivity index (χ1) is 5.61. The second-order valence-electron chi connectivity index (χ2n) is 2.85. The number of nitrogens with one attached hydrogen (secondary N) is 1. The molecule has 0 aliphatic carbocycles. The SMILES string of the molecule is C=CNC(CC)OC(C)C(C)O. The maximum atomic E-state index is 9.15. The van der Waals surface area contributed by atoms with Gasteiger partial charge in [-0.05, 0) is 26.5 Å². The molecule has 3 atom stereocenters. The van der Waals surface area contributed by atoms with Crippen molar-refractivity contribution >= 4 is 0 Å². The van der Waals surface area contributed by atoms with Crippen LogP contribution in [0.5, 0.6) is 0 Å². The molecule has 3 nitrogen and oxygen atoms in total. The Kier molecular flexibility index (Phi) is 5.76. The lowest BCUT2D eigenvalue weighted by Gasteiger charge is -2.23. The molecule has 0 aromatic heterocycles. The zero-order valence-corrected chi connectivity index (χ0v) is 8.08. The molecule has 2 N–H and O–H groups in total. The monoisotopic (exact) mass is 173 g/mol. The van der Waals surface area contributed by atoms with E-state index in [1.165, 1.54) is 0 Å². The highest BCUT2D eigenvalue weighted by atomic mass is 16.5. The van der Waals surface area contributed by atoms with Crippen LogP contribution >= 0.6 is 0 Å². The zero-order valence-electron chi connectivity index (χ0n) is 8.08. The fourth-order valence-corrected chi connectivity index (χ4v) is 0.758. The Labute approximate surface area is 74.4 Å². The van der Waals surface area contributed by atoms with Gasteiger partial charge < -0.3 is 15.2 Å². The second kappa shape index (κ2) is 6.03. The first-order valence-electron chi connectivity index (χ1n) is 4.32. The van der Waals surface area contributed by atoms with Crippen LogP contribution in [0.4, 0.5) is 0 Å². The summed E-state index contributed by atoms with van der Waals surface area (Å²) < 4.78 is 5.47. The summed E-state index contributed by atoms with van der Waals surface area (Å²) in [6.07, 6.45) is 1.81.